The number of nitrogens with one attached hydrogen (secondary N) is 1. The summed E-state index contributed by atoms with van der Waals surface area (Å²) in [6, 6.07) is 10.6. The molecule has 1 amide bonds. The molecule has 1 atom stereocenters. The highest BCUT2D eigenvalue weighted by Gasteiger charge is 2.35. The third kappa shape index (κ3) is 3.05. The van der Waals surface area contributed by atoms with Crippen molar-refractivity contribution in [3.63, 3.8) is 0 Å². The Balaban J connectivity index is 0.00000210. The van der Waals surface area contributed by atoms with Gasteiger partial charge in [0.2, 0.25) is 9.84 Å². The van der Waals surface area contributed by atoms with Gasteiger partial charge in [-0.25, -0.2) is 8.42 Å². The number of rotatable bonds is 2. The van der Waals surface area contributed by atoms with Crippen LogP contribution in [0.2, 0.25) is 0 Å². The van der Waals surface area contributed by atoms with Gasteiger partial charge in [-0.3, -0.25) is 9.59 Å². The molecular weight excluding hydrogens is 388 g/mol. The fraction of sp³-hybridized carbons (Fsp3) is 0.263. The van der Waals surface area contributed by atoms with E-state index in [9.17, 15) is 18.0 Å². The molecule has 1 N–H and O–H groups in total. The molecular formula is C19H19ClN2O4S. The van der Waals surface area contributed by atoms with E-state index in [2.05, 4.69) is 5.32 Å². The normalized spacial score (nSPS) is 19.6. The molecule has 2 aliphatic heterocycles. The molecule has 2 aromatic rings. The predicted octanol–water partition coefficient (Wildman–Crippen LogP) is 1.92. The Kier molecular flexibility index (Phi) is 5.12. The van der Waals surface area contributed by atoms with Gasteiger partial charge in [0.1, 0.15) is 0 Å². The Hall–Kier alpha value is -2.22. The maximum atomic E-state index is 13.0. The zero-order chi connectivity index (χ0) is 18.5. The molecule has 142 valence electrons. The molecule has 1 fully saturated rings. The summed E-state index contributed by atoms with van der Waals surface area (Å²) < 4.78 is 25.9. The number of nitrogens with zero attached hydrogens (tertiary/aromatic N) is 1. The van der Waals surface area contributed by atoms with E-state index in [4.69, 9.17) is 0 Å². The van der Waals surface area contributed by atoms with E-state index < -0.39 is 9.84 Å². The largest absolute Gasteiger partial charge is 0.337 e. The Bertz CT molecular complexity index is 1030. The number of likely N-dealkylation sites (N-methyl/N-ethyl adjacent to an activating group) is 1. The first-order valence-corrected chi connectivity index (χ1v) is 9.90. The molecule has 1 unspecified atom stereocenters. The van der Waals surface area contributed by atoms with Gasteiger partial charge in [-0.2, -0.15) is 0 Å². The maximum Gasteiger partial charge on any atom is 0.253 e. The van der Waals surface area contributed by atoms with Crippen molar-refractivity contribution < 1.29 is 18.0 Å². The molecule has 6 nitrogen and oxygen atoms in total. The summed E-state index contributed by atoms with van der Waals surface area (Å²) in [5.74, 6) is -0.583. The predicted molar refractivity (Wildman–Crippen MR) is 102 cm³/mol. The zero-order valence-electron chi connectivity index (χ0n) is 14.6. The van der Waals surface area contributed by atoms with E-state index in [1.54, 1.807) is 24.1 Å². The van der Waals surface area contributed by atoms with Gasteiger partial charge in [0.15, 0.2) is 5.78 Å². The van der Waals surface area contributed by atoms with Crippen LogP contribution in [-0.4, -0.2) is 51.2 Å². The van der Waals surface area contributed by atoms with E-state index in [-0.39, 0.29) is 56.6 Å². The van der Waals surface area contributed by atoms with Crippen molar-refractivity contribution in [2.45, 2.75) is 22.3 Å². The minimum atomic E-state index is -3.84. The average molecular weight is 407 g/mol. The number of sulfone groups is 1. The number of ketones is 1. The number of benzene rings is 2. The fourth-order valence-electron chi connectivity index (χ4n) is 3.56. The standard InChI is InChI=1S/C19H18N2O4S.ClH/c1-21(13-8-9-20-11-13)19(23)12-6-7-15-17(10-12)26(24,25)16-5-3-2-4-14(16)18(15)22;/h2-7,10,13,20H,8-9,11H2,1H3;1H. The van der Waals surface area contributed by atoms with Crippen LogP contribution in [0.4, 0.5) is 0 Å². The van der Waals surface area contributed by atoms with Gasteiger partial charge in [-0.1, -0.05) is 12.1 Å². The lowest BCUT2D eigenvalue weighted by Gasteiger charge is -2.25. The SMILES string of the molecule is CN(C(=O)c1ccc2c(c1)S(=O)(=O)c1ccccc1C2=O)C1CCNC1.Cl. The average Bonchev–Trinajstić information content (AvgIpc) is 3.19. The van der Waals surface area contributed by atoms with Crippen LogP contribution in [0.25, 0.3) is 0 Å². The van der Waals surface area contributed by atoms with Crippen molar-refractivity contribution >= 4 is 33.9 Å². The third-order valence-corrected chi connectivity index (χ3v) is 6.94. The van der Waals surface area contributed by atoms with Gasteiger partial charge in [0.25, 0.3) is 5.91 Å². The molecule has 2 aliphatic rings. The lowest BCUT2D eigenvalue weighted by Crippen LogP contribution is -2.38. The summed E-state index contributed by atoms with van der Waals surface area (Å²) in [6.07, 6.45) is 0.858. The summed E-state index contributed by atoms with van der Waals surface area (Å²) in [4.78, 5) is 27.0. The minimum absolute atomic E-state index is 0. The summed E-state index contributed by atoms with van der Waals surface area (Å²) >= 11 is 0. The van der Waals surface area contributed by atoms with Gasteiger partial charge >= 0.3 is 0 Å². The quantitative estimate of drug-likeness (QED) is 0.703. The second-order valence-electron chi connectivity index (χ2n) is 6.60. The molecule has 2 heterocycles. The molecule has 0 radical (unpaired) electrons. The van der Waals surface area contributed by atoms with Crippen molar-refractivity contribution in [1.29, 1.82) is 0 Å². The first kappa shape index (κ1) is 19.5. The number of carbonyl (C=O) groups excluding carboxylic acids is 2. The molecule has 27 heavy (non-hydrogen) atoms. The van der Waals surface area contributed by atoms with Gasteiger partial charge in [0, 0.05) is 36.3 Å². The number of hydrogen-bond donors (Lipinski definition) is 1. The minimum Gasteiger partial charge on any atom is -0.337 e. The number of carbonyl (C=O) groups is 2. The van der Waals surface area contributed by atoms with Crippen LogP contribution in [0.1, 0.15) is 32.7 Å². The molecule has 0 aromatic heterocycles. The van der Waals surface area contributed by atoms with Crippen LogP contribution in [0, 0.1) is 0 Å². The van der Waals surface area contributed by atoms with Crippen LogP contribution in [0.15, 0.2) is 52.3 Å². The molecule has 0 aliphatic carbocycles. The van der Waals surface area contributed by atoms with E-state index in [0.717, 1.165) is 19.5 Å². The summed E-state index contributed by atoms with van der Waals surface area (Å²) in [7, 11) is -2.12. The monoisotopic (exact) mass is 406 g/mol. The van der Waals surface area contributed by atoms with Crippen molar-refractivity contribution in [2.24, 2.45) is 0 Å². The van der Waals surface area contributed by atoms with E-state index in [0.29, 0.717) is 0 Å². The molecule has 2 aromatic carbocycles. The first-order valence-electron chi connectivity index (χ1n) is 8.42. The zero-order valence-corrected chi connectivity index (χ0v) is 16.3. The molecule has 1 saturated heterocycles. The first-order chi connectivity index (χ1) is 12.4. The highest BCUT2D eigenvalue weighted by Crippen LogP contribution is 2.35. The van der Waals surface area contributed by atoms with Crippen molar-refractivity contribution in [3.8, 4) is 0 Å². The summed E-state index contributed by atoms with van der Waals surface area (Å²) in [5.41, 5.74) is 0.563. The van der Waals surface area contributed by atoms with Gasteiger partial charge < -0.3 is 10.2 Å². The van der Waals surface area contributed by atoms with Gasteiger partial charge in [-0.05, 0) is 43.3 Å². The lowest BCUT2D eigenvalue weighted by molar-refractivity contribution is 0.0743. The number of amides is 1. The molecule has 0 saturated carbocycles. The molecule has 0 bridgehead atoms. The Morgan fingerprint density at radius 3 is 2.52 bits per heavy atom. The van der Waals surface area contributed by atoms with Crippen molar-refractivity contribution in [2.75, 3.05) is 20.1 Å². The van der Waals surface area contributed by atoms with E-state index in [1.165, 1.54) is 30.3 Å². The summed E-state index contributed by atoms with van der Waals surface area (Å²) in [5, 5.41) is 3.20. The van der Waals surface area contributed by atoms with Gasteiger partial charge in [0.05, 0.1) is 9.79 Å². The second kappa shape index (κ2) is 7.07. The second-order valence-corrected chi connectivity index (χ2v) is 8.49. The van der Waals surface area contributed by atoms with Crippen LogP contribution in [-0.2, 0) is 9.84 Å². The Morgan fingerprint density at radius 2 is 1.81 bits per heavy atom. The van der Waals surface area contributed by atoms with Crippen LogP contribution >= 0.6 is 12.4 Å². The summed E-state index contributed by atoms with van der Waals surface area (Å²) in [6.45, 7) is 1.57. The smallest absolute Gasteiger partial charge is 0.253 e. The molecule has 8 heteroatoms. The Labute approximate surface area is 163 Å². The van der Waals surface area contributed by atoms with Crippen LogP contribution in [0.5, 0.6) is 0 Å². The topological polar surface area (TPSA) is 83.6 Å². The molecule has 0 spiro atoms. The van der Waals surface area contributed by atoms with Crippen LogP contribution < -0.4 is 5.32 Å². The lowest BCUT2D eigenvalue weighted by atomic mass is 10.0. The van der Waals surface area contributed by atoms with Gasteiger partial charge in [-0.15, -0.1) is 12.4 Å². The van der Waals surface area contributed by atoms with E-state index >= 15 is 0 Å². The molecule has 4 rings (SSSR count). The Morgan fingerprint density at radius 1 is 1.11 bits per heavy atom. The number of fused-ring (bicyclic) bond motifs is 2. The fourth-order valence-corrected chi connectivity index (χ4v) is 5.23. The maximum absolute atomic E-state index is 13.0. The highest BCUT2D eigenvalue weighted by molar-refractivity contribution is 7.91. The number of hydrogen-bond acceptors (Lipinski definition) is 5. The van der Waals surface area contributed by atoms with E-state index in [1.807, 2.05) is 0 Å². The van der Waals surface area contributed by atoms with Crippen molar-refractivity contribution in [3.05, 3.63) is 59.2 Å². The van der Waals surface area contributed by atoms with Crippen LogP contribution in [0.3, 0.4) is 0 Å². The third-order valence-electron chi connectivity index (χ3n) is 5.09. The van der Waals surface area contributed by atoms with Crippen molar-refractivity contribution in [1.82, 2.24) is 10.2 Å². The number of halogens is 1. The highest BCUT2D eigenvalue weighted by atomic mass is 35.5.